The Morgan fingerprint density at radius 1 is 1.31 bits per heavy atom. The van der Waals surface area contributed by atoms with Gasteiger partial charge in [0.25, 0.3) is 5.89 Å². The summed E-state index contributed by atoms with van der Waals surface area (Å²) < 4.78 is 18.7. The van der Waals surface area contributed by atoms with E-state index in [1.165, 1.54) is 6.07 Å². The van der Waals surface area contributed by atoms with Crippen LogP contribution in [0.4, 0.5) is 4.39 Å². The zero-order valence-electron chi connectivity index (χ0n) is 8.90. The average Bonchev–Trinajstić information content (AvgIpc) is 2.75. The molecule has 1 aromatic carbocycles. The van der Waals surface area contributed by atoms with Crippen molar-refractivity contribution in [1.82, 2.24) is 15.5 Å². The third-order valence-electron chi connectivity index (χ3n) is 2.10. The van der Waals surface area contributed by atoms with Crippen LogP contribution in [-0.4, -0.2) is 16.7 Å². The standard InChI is InChI=1S/C11H12FN3O/c1-2-13-7-10-14-15-11(16-10)8-5-3-4-6-9(8)12/h3-6,13H,2,7H2,1H3. The molecule has 2 rings (SSSR count). The maximum Gasteiger partial charge on any atom is 0.250 e. The molecule has 0 amide bonds. The Morgan fingerprint density at radius 2 is 2.12 bits per heavy atom. The van der Waals surface area contributed by atoms with Crippen LogP contribution in [0.15, 0.2) is 28.7 Å². The third-order valence-corrected chi connectivity index (χ3v) is 2.10. The first-order valence-electron chi connectivity index (χ1n) is 5.09. The van der Waals surface area contributed by atoms with E-state index in [-0.39, 0.29) is 11.7 Å². The highest BCUT2D eigenvalue weighted by Crippen LogP contribution is 2.20. The molecule has 16 heavy (non-hydrogen) atoms. The molecule has 0 saturated heterocycles. The number of hydrogen-bond donors (Lipinski definition) is 1. The van der Waals surface area contributed by atoms with Crippen molar-refractivity contribution in [1.29, 1.82) is 0 Å². The largest absolute Gasteiger partial charge is 0.419 e. The van der Waals surface area contributed by atoms with Crippen LogP contribution in [0.2, 0.25) is 0 Å². The maximum atomic E-state index is 13.4. The van der Waals surface area contributed by atoms with Crippen LogP contribution in [0, 0.1) is 5.82 Å². The maximum absolute atomic E-state index is 13.4. The fourth-order valence-electron chi connectivity index (χ4n) is 1.30. The molecule has 1 N–H and O–H groups in total. The number of hydrogen-bond acceptors (Lipinski definition) is 4. The first-order valence-corrected chi connectivity index (χ1v) is 5.09. The van der Waals surface area contributed by atoms with Crippen molar-refractivity contribution in [2.75, 3.05) is 6.54 Å². The van der Waals surface area contributed by atoms with Crippen LogP contribution in [0.5, 0.6) is 0 Å². The molecule has 2 aromatic rings. The minimum atomic E-state index is -0.360. The second-order valence-electron chi connectivity index (χ2n) is 3.26. The first kappa shape index (κ1) is 10.8. The van der Waals surface area contributed by atoms with E-state index in [1.54, 1.807) is 18.2 Å². The minimum Gasteiger partial charge on any atom is -0.419 e. The lowest BCUT2D eigenvalue weighted by Crippen LogP contribution is -2.11. The zero-order chi connectivity index (χ0) is 11.4. The Morgan fingerprint density at radius 3 is 2.88 bits per heavy atom. The van der Waals surface area contributed by atoms with Gasteiger partial charge in [0.15, 0.2) is 0 Å². The van der Waals surface area contributed by atoms with Gasteiger partial charge >= 0.3 is 0 Å². The summed E-state index contributed by atoms with van der Waals surface area (Å²) in [5, 5.41) is 10.7. The quantitative estimate of drug-likeness (QED) is 0.857. The molecule has 0 radical (unpaired) electrons. The predicted octanol–water partition coefficient (Wildman–Crippen LogP) is 1.99. The van der Waals surface area contributed by atoms with Crippen molar-refractivity contribution >= 4 is 0 Å². The first-order chi connectivity index (χ1) is 7.81. The summed E-state index contributed by atoms with van der Waals surface area (Å²) in [4.78, 5) is 0. The van der Waals surface area contributed by atoms with Gasteiger partial charge in [0, 0.05) is 0 Å². The average molecular weight is 221 g/mol. The van der Waals surface area contributed by atoms with E-state index in [9.17, 15) is 4.39 Å². The molecule has 0 saturated carbocycles. The molecular formula is C11H12FN3O. The molecule has 1 heterocycles. The van der Waals surface area contributed by atoms with Crippen LogP contribution in [-0.2, 0) is 6.54 Å². The van der Waals surface area contributed by atoms with Gasteiger partial charge in [0.1, 0.15) is 5.82 Å². The highest BCUT2D eigenvalue weighted by Gasteiger charge is 2.11. The topological polar surface area (TPSA) is 51.0 Å². The number of nitrogens with one attached hydrogen (secondary N) is 1. The summed E-state index contributed by atoms with van der Waals surface area (Å²) in [7, 11) is 0. The molecule has 84 valence electrons. The summed E-state index contributed by atoms with van der Waals surface area (Å²) >= 11 is 0. The molecular weight excluding hydrogens is 209 g/mol. The molecule has 0 aliphatic heterocycles. The van der Waals surface area contributed by atoms with Crippen LogP contribution >= 0.6 is 0 Å². The Hall–Kier alpha value is -1.75. The number of halogens is 1. The normalized spacial score (nSPS) is 10.6. The predicted molar refractivity (Wildman–Crippen MR) is 57.1 cm³/mol. The van der Waals surface area contributed by atoms with Crippen molar-refractivity contribution in [2.24, 2.45) is 0 Å². The molecule has 5 heteroatoms. The third kappa shape index (κ3) is 2.25. The van der Waals surface area contributed by atoms with Crippen LogP contribution in [0.3, 0.4) is 0 Å². The summed E-state index contributed by atoms with van der Waals surface area (Å²) in [6, 6.07) is 6.32. The van der Waals surface area contributed by atoms with Gasteiger partial charge in [0.05, 0.1) is 12.1 Å². The van der Waals surface area contributed by atoms with Gasteiger partial charge in [-0.25, -0.2) is 4.39 Å². The van der Waals surface area contributed by atoms with E-state index in [0.29, 0.717) is 18.0 Å². The van der Waals surface area contributed by atoms with Gasteiger partial charge in [-0.1, -0.05) is 19.1 Å². The fourth-order valence-corrected chi connectivity index (χ4v) is 1.30. The molecule has 0 aliphatic carbocycles. The van der Waals surface area contributed by atoms with Crippen molar-refractivity contribution in [3.05, 3.63) is 36.0 Å². The van der Waals surface area contributed by atoms with Gasteiger partial charge in [-0.3, -0.25) is 0 Å². The number of aromatic nitrogens is 2. The van der Waals surface area contributed by atoms with Crippen LogP contribution in [0.25, 0.3) is 11.5 Å². The molecule has 1 aromatic heterocycles. The lowest BCUT2D eigenvalue weighted by atomic mass is 10.2. The summed E-state index contributed by atoms with van der Waals surface area (Å²) in [5.41, 5.74) is 0.331. The molecule has 0 spiro atoms. The number of rotatable bonds is 4. The van der Waals surface area contributed by atoms with Gasteiger partial charge in [-0.15, -0.1) is 10.2 Å². The molecule has 4 nitrogen and oxygen atoms in total. The Kier molecular flexibility index (Phi) is 3.26. The molecule has 0 aliphatic rings. The summed E-state index contributed by atoms with van der Waals surface area (Å²) in [6.07, 6.45) is 0. The van der Waals surface area contributed by atoms with Gasteiger partial charge in [-0.2, -0.15) is 0 Å². The highest BCUT2D eigenvalue weighted by molar-refractivity contribution is 5.53. The van der Waals surface area contributed by atoms with Crippen molar-refractivity contribution in [3.8, 4) is 11.5 Å². The van der Waals surface area contributed by atoms with Gasteiger partial charge in [-0.05, 0) is 18.7 Å². The fraction of sp³-hybridized carbons (Fsp3) is 0.273. The summed E-state index contributed by atoms with van der Waals surface area (Å²) in [5.74, 6) is 0.312. The highest BCUT2D eigenvalue weighted by atomic mass is 19.1. The van der Waals surface area contributed by atoms with E-state index >= 15 is 0 Å². The van der Waals surface area contributed by atoms with E-state index in [4.69, 9.17) is 4.42 Å². The van der Waals surface area contributed by atoms with E-state index < -0.39 is 0 Å². The second-order valence-corrected chi connectivity index (χ2v) is 3.26. The van der Waals surface area contributed by atoms with E-state index in [0.717, 1.165) is 6.54 Å². The number of nitrogens with zero attached hydrogens (tertiary/aromatic N) is 2. The van der Waals surface area contributed by atoms with Crippen LogP contribution < -0.4 is 5.32 Å². The Bertz CT molecular complexity index is 470. The second kappa shape index (κ2) is 4.85. The number of benzene rings is 1. The molecule has 0 unspecified atom stereocenters. The lowest BCUT2D eigenvalue weighted by molar-refractivity contribution is 0.479. The Labute approximate surface area is 92.5 Å². The minimum absolute atomic E-state index is 0.214. The van der Waals surface area contributed by atoms with Crippen molar-refractivity contribution < 1.29 is 8.81 Å². The van der Waals surface area contributed by atoms with Gasteiger partial charge < -0.3 is 9.73 Å². The van der Waals surface area contributed by atoms with Gasteiger partial charge in [0.2, 0.25) is 5.89 Å². The van der Waals surface area contributed by atoms with E-state index in [1.807, 2.05) is 6.92 Å². The lowest BCUT2D eigenvalue weighted by Gasteiger charge is -1.96. The van der Waals surface area contributed by atoms with Crippen LogP contribution in [0.1, 0.15) is 12.8 Å². The zero-order valence-corrected chi connectivity index (χ0v) is 8.90. The molecule has 0 fully saturated rings. The monoisotopic (exact) mass is 221 g/mol. The molecule has 0 bridgehead atoms. The van der Waals surface area contributed by atoms with Crippen molar-refractivity contribution in [3.63, 3.8) is 0 Å². The van der Waals surface area contributed by atoms with E-state index in [2.05, 4.69) is 15.5 Å². The molecule has 0 atom stereocenters. The summed E-state index contributed by atoms with van der Waals surface area (Å²) in [6.45, 7) is 3.30. The smallest absolute Gasteiger partial charge is 0.250 e. The van der Waals surface area contributed by atoms with Crippen molar-refractivity contribution in [2.45, 2.75) is 13.5 Å². The Balaban J connectivity index is 2.22. The SMILES string of the molecule is CCNCc1nnc(-c2ccccc2F)o1.